The van der Waals surface area contributed by atoms with Gasteiger partial charge in [-0.1, -0.05) is 11.6 Å². The largest absolute Gasteiger partial charge is 0.489 e. The number of benzene rings is 1. The highest BCUT2D eigenvalue weighted by Gasteiger charge is 2.30. The molecule has 1 aromatic carbocycles. The summed E-state index contributed by atoms with van der Waals surface area (Å²) in [5.41, 5.74) is 5.98. The van der Waals surface area contributed by atoms with Gasteiger partial charge in [-0.05, 0) is 43.0 Å². The van der Waals surface area contributed by atoms with Crippen LogP contribution < -0.4 is 15.2 Å². The van der Waals surface area contributed by atoms with Gasteiger partial charge >= 0.3 is 5.97 Å². The van der Waals surface area contributed by atoms with E-state index in [1.165, 1.54) is 17.1 Å². The zero-order valence-corrected chi connectivity index (χ0v) is 16.7. The second-order valence-corrected chi connectivity index (χ2v) is 7.23. The van der Waals surface area contributed by atoms with E-state index >= 15 is 0 Å². The number of fused-ring (bicyclic) bond motifs is 1. The van der Waals surface area contributed by atoms with Crippen LogP contribution in [0.1, 0.15) is 31.2 Å². The Labute approximate surface area is 173 Å². The molecule has 2 heterocycles. The van der Waals surface area contributed by atoms with Gasteiger partial charge in [0.15, 0.2) is 18.1 Å². The molecule has 1 fully saturated rings. The van der Waals surface area contributed by atoms with Crippen LogP contribution in [0.2, 0.25) is 5.02 Å². The van der Waals surface area contributed by atoms with Crippen molar-refractivity contribution in [1.82, 2.24) is 4.90 Å². The highest BCUT2D eigenvalue weighted by molar-refractivity contribution is 6.32. The van der Waals surface area contributed by atoms with E-state index in [1.54, 1.807) is 12.1 Å². The van der Waals surface area contributed by atoms with Gasteiger partial charge in [0.25, 0.3) is 5.91 Å². The van der Waals surface area contributed by atoms with Crippen molar-refractivity contribution in [1.29, 1.82) is 0 Å². The third kappa shape index (κ3) is 5.41. The summed E-state index contributed by atoms with van der Waals surface area (Å²) in [4.78, 5) is 37.2. The maximum atomic E-state index is 12.3. The molecule has 0 saturated carbocycles. The second kappa shape index (κ2) is 9.65. The lowest BCUT2D eigenvalue weighted by atomic mass is 10.0. The molecule has 156 valence electrons. The Hall–Kier alpha value is -2.74. The highest BCUT2D eigenvalue weighted by atomic mass is 35.5. The first-order valence-corrected chi connectivity index (χ1v) is 9.86. The van der Waals surface area contributed by atoms with Crippen LogP contribution in [0.4, 0.5) is 0 Å². The van der Waals surface area contributed by atoms with Crippen LogP contribution in [0, 0.1) is 0 Å². The zero-order chi connectivity index (χ0) is 20.8. The monoisotopic (exact) mass is 422 g/mol. The number of hydrogen-bond donors (Lipinski definition) is 1. The van der Waals surface area contributed by atoms with Gasteiger partial charge in [-0.25, -0.2) is 4.79 Å². The van der Waals surface area contributed by atoms with E-state index in [4.69, 9.17) is 31.5 Å². The van der Waals surface area contributed by atoms with Crippen molar-refractivity contribution in [3.05, 3.63) is 28.8 Å². The minimum Gasteiger partial charge on any atom is -0.489 e. The van der Waals surface area contributed by atoms with Crippen LogP contribution in [-0.4, -0.2) is 55.1 Å². The Bertz CT molecular complexity index is 825. The van der Waals surface area contributed by atoms with Crippen LogP contribution in [0.25, 0.3) is 6.08 Å². The summed E-state index contributed by atoms with van der Waals surface area (Å²) in [5.74, 6) is -0.667. The fourth-order valence-electron chi connectivity index (χ4n) is 3.30. The summed E-state index contributed by atoms with van der Waals surface area (Å²) >= 11 is 6.22. The first kappa shape index (κ1) is 21.0. The van der Waals surface area contributed by atoms with E-state index in [0.717, 1.165) is 19.3 Å². The molecule has 2 aliphatic heterocycles. The molecule has 2 amide bonds. The number of piperidine rings is 1. The normalized spacial score (nSPS) is 18.9. The van der Waals surface area contributed by atoms with E-state index in [-0.39, 0.29) is 0 Å². The van der Waals surface area contributed by atoms with Crippen LogP contribution in [0.5, 0.6) is 11.5 Å². The van der Waals surface area contributed by atoms with Gasteiger partial charge in [-0.2, -0.15) is 0 Å². The Kier molecular flexibility index (Phi) is 6.98. The number of halogens is 1. The Balaban J connectivity index is 1.57. The highest BCUT2D eigenvalue weighted by Crippen LogP contribution is 2.38. The molecule has 1 saturated heterocycles. The molecule has 0 bridgehead atoms. The smallest absolute Gasteiger partial charge is 0.331 e. The Morgan fingerprint density at radius 2 is 2.00 bits per heavy atom. The lowest BCUT2D eigenvalue weighted by Gasteiger charge is -2.33. The summed E-state index contributed by atoms with van der Waals surface area (Å²) in [6, 6.07) is 2.72. The van der Waals surface area contributed by atoms with Gasteiger partial charge in [-0.15, -0.1) is 0 Å². The van der Waals surface area contributed by atoms with Crippen molar-refractivity contribution in [2.75, 3.05) is 26.4 Å². The average molecular weight is 423 g/mol. The standard InChI is InChI=1S/C20H23ClN2O6/c21-14-10-13(11-16-19(14)28-9-3-8-27-16)5-6-18(25)29-12-17(24)23-7-2-1-4-15(23)20(22)26/h5-6,10-11,15H,1-4,7-9,12H2,(H2,22,26)/b6-5+/t15-/m1/s1. The van der Waals surface area contributed by atoms with E-state index in [2.05, 4.69) is 0 Å². The van der Waals surface area contributed by atoms with Crippen LogP contribution in [-0.2, 0) is 19.1 Å². The third-order valence-electron chi connectivity index (χ3n) is 4.73. The number of nitrogens with zero attached hydrogens (tertiary/aromatic N) is 1. The molecule has 9 heteroatoms. The molecule has 1 aromatic rings. The van der Waals surface area contributed by atoms with Crippen LogP contribution in [0.3, 0.4) is 0 Å². The topological polar surface area (TPSA) is 108 Å². The molecular weight excluding hydrogens is 400 g/mol. The summed E-state index contributed by atoms with van der Waals surface area (Å²) < 4.78 is 16.2. The van der Waals surface area contributed by atoms with Gasteiger partial charge in [-0.3, -0.25) is 9.59 Å². The molecule has 0 radical (unpaired) electrons. The molecule has 0 aromatic heterocycles. The third-order valence-corrected chi connectivity index (χ3v) is 5.01. The average Bonchev–Trinajstić information content (AvgIpc) is 2.96. The summed E-state index contributed by atoms with van der Waals surface area (Å²) in [5, 5.41) is 0.384. The van der Waals surface area contributed by atoms with Gasteiger partial charge in [0.05, 0.1) is 18.2 Å². The number of ether oxygens (including phenoxy) is 3. The molecule has 3 rings (SSSR count). The number of rotatable bonds is 5. The number of nitrogens with two attached hydrogens (primary N) is 1. The molecule has 0 spiro atoms. The second-order valence-electron chi connectivity index (χ2n) is 6.82. The minimum atomic E-state index is -0.686. The van der Waals surface area contributed by atoms with Gasteiger partial charge in [0, 0.05) is 19.0 Å². The molecule has 8 nitrogen and oxygen atoms in total. The number of hydrogen-bond acceptors (Lipinski definition) is 6. The van der Waals surface area contributed by atoms with Crippen LogP contribution >= 0.6 is 11.6 Å². The van der Waals surface area contributed by atoms with Crippen molar-refractivity contribution in [2.24, 2.45) is 5.73 Å². The predicted octanol–water partition coefficient (Wildman–Crippen LogP) is 1.92. The summed E-state index contributed by atoms with van der Waals surface area (Å²) in [6.45, 7) is 1.02. The maximum Gasteiger partial charge on any atom is 0.331 e. The van der Waals surface area contributed by atoms with Crippen molar-refractivity contribution in [3.8, 4) is 11.5 Å². The fraction of sp³-hybridized carbons (Fsp3) is 0.450. The Morgan fingerprint density at radius 1 is 1.21 bits per heavy atom. The summed E-state index contributed by atoms with van der Waals surface area (Å²) in [7, 11) is 0. The van der Waals surface area contributed by atoms with Crippen molar-refractivity contribution in [2.45, 2.75) is 31.7 Å². The van der Waals surface area contributed by atoms with Gasteiger partial charge in [0.1, 0.15) is 6.04 Å². The van der Waals surface area contributed by atoms with E-state index < -0.39 is 30.4 Å². The molecule has 2 N–H and O–H groups in total. The molecule has 1 atom stereocenters. The van der Waals surface area contributed by atoms with E-state index in [1.807, 2.05) is 0 Å². The number of primary amides is 1. The van der Waals surface area contributed by atoms with Crippen molar-refractivity contribution in [3.63, 3.8) is 0 Å². The number of carbonyl (C=O) groups excluding carboxylic acids is 3. The first-order chi connectivity index (χ1) is 14.0. The van der Waals surface area contributed by atoms with Gasteiger partial charge in [0.2, 0.25) is 5.91 Å². The molecule has 29 heavy (non-hydrogen) atoms. The fourth-order valence-corrected chi connectivity index (χ4v) is 3.57. The lowest BCUT2D eigenvalue weighted by molar-refractivity contribution is -0.151. The number of esters is 1. The van der Waals surface area contributed by atoms with E-state index in [0.29, 0.717) is 48.3 Å². The first-order valence-electron chi connectivity index (χ1n) is 9.48. The SMILES string of the molecule is NC(=O)[C@H]1CCCCN1C(=O)COC(=O)/C=C/c1cc(Cl)c2c(c1)OCCCO2. The van der Waals surface area contributed by atoms with Crippen molar-refractivity contribution >= 4 is 35.5 Å². The minimum absolute atomic E-state index is 0.384. The molecular formula is C20H23ClN2O6. The van der Waals surface area contributed by atoms with Crippen molar-refractivity contribution < 1.29 is 28.6 Å². The number of carbonyl (C=O) groups is 3. The lowest BCUT2D eigenvalue weighted by Crippen LogP contribution is -2.51. The molecule has 2 aliphatic rings. The quantitative estimate of drug-likeness (QED) is 0.573. The zero-order valence-electron chi connectivity index (χ0n) is 15.9. The number of amides is 2. The van der Waals surface area contributed by atoms with Gasteiger partial charge < -0.3 is 24.8 Å². The summed E-state index contributed by atoms with van der Waals surface area (Å²) in [6.07, 6.45) is 5.61. The Morgan fingerprint density at radius 3 is 2.79 bits per heavy atom. The number of likely N-dealkylation sites (tertiary alicyclic amines) is 1. The maximum absolute atomic E-state index is 12.3. The predicted molar refractivity (Wildman–Crippen MR) is 106 cm³/mol. The van der Waals surface area contributed by atoms with Crippen LogP contribution in [0.15, 0.2) is 18.2 Å². The molecule has 0 aliphatic carbocycles. The molecule has 0 unspecified atom stereocenters. The van der Waals surface area contributed by atoms with E-state index in [9.17, 15) is 14.4 Å².